The second-order valence-corrected chi connectivity index (χ2v) is 17.9. The van der Waals surface area contributed by atoms with Gasteiger partial charge in [-0.05, 0) is 45.0 Å². The number of anilines is 4. The number of benzene rings is 2. The number of hydrogen-bond donors (Lipinski definition) is 3. The van der Waals surface area contributed by atoms with Crippen LogP contribution in [-0.2, 0) is 14.3 Å². The highest BCUT2D eigenvalue weighted by Crippen LogP contribution is 2.37. The van der Waals surface area contributed by atoms with E-state index in [0.717, 1.165) is 38.5 Å². The van der Waals surface area contributed by atoms with Crippen LogP contribution >= 0.6 is 23.2 Å². The zero-order chi connectivity index (χ0) is 50.0. The van der Waals surface area contributed by atoms with Gasteiger partial charge in [0.2, 0.25) is 11.8 Å². The molecule has 4 fully saturated rings. The van der Waals surface area contributed by atoms with Gasteiger partial charge in [-0.1, -0.05) is 42.3 Å². The molecule has 6 heterocycles. The number of carbonyl (C=O) groups is 1. The zero-order valence-electron chi connectivity index (χ0n) is 37.9. The maximum Gasteiger partial charge on any atom is 0.398 e. The van der Waals surface area contributed by atoms with Gasteiger partial charge in [0.15, 0.2) is 11.4 Å². The second kappa shape index (κ2) is 23.4. The first-order valence-corrected chi connectivity index (χ1v) is 22.6. The number of aromatic nitrogens is 4. The van der Waals surface area contributed by atoms with E-state index in [1.807, 2.05) is 18.7 Å². The van der Waals surface area contributed by atoms with Crippen molar-refractivity contribution >= 4 is 63.9 Å². The van der Waals surface area contributed by atoms with E-state index in [4.69, 9.17) is 55.3 Å². The number of morpholine rings is 2. The zero-order valence-corrected chi connectivity index (χ0v) is 39.4. The summed E-state index contributed by atoms with van der Waals surface area (Å²) in [6, 6.07) is 10.4. The molecule has 0 radical (unpaired) electrons. The Bertz CT molecular complexity index is 2470. The van der Waals surface area contributed by atoms with Gasteiger partial charge in [-0.15, -0.1) is 0 Å². The molecule has 4 aromatic rings. The van der Waals surface area contributed by atoms with Crippen LogP contribution in [0.15, 0.2) is 49.1 Å². The summed E-state index contributed by atoms with van der Waals surface area (Å²) in [7, 11) is 0. The van der Waals surface area contributed by atoms with Crippen LogP contribution < -0.4 is 25.4 Å². The second-order valence-electron chi connectivity index (χ2n) is 17.1. The topological polar surface area (TPSA) is 154 Å². The average molecular weight is 1010 g/mol. The molecule has 4 saturated heterocycles. The summed E-state index contributed by atoms with van der Waals surface area (Å²) >= 11 is 12.5. The first-order chi connectivity index (χ1) is 32.8. The number of rotatable bonds is 11. The molecule has 0 saturated carbocycles. The number of ether oxygens (including phenoxy) is 4. The Morgan fingerprint density at radius 1 is 0.754 bits per heavy atom. The molecule has 4 bridgehead atoms. The summed E-state index contributed by atoms with van der Waals surface area (Å²) in [6.07, 6.45) is -3.03. The third-order valence-corrected chi connectivity index (χ3v) is 12.5. The Labute approximate surface area is 405 Å². The predicted octanol–water partition coefficient (Wildman–Crippen LogP) is 10.6. The molecular formula is C46H50Cl2F6N10O5. The lowest BCUT2D eigenvalue weighted by Gasteiger charge is -2.49. The van der Waals surface area contributed by atoms with E-state index in [2.05, 4.69) is 45.6 Å². The molecule has 15 nitrogen and oxygen atoms in total. The number of nitrogens with zero attached hydrogens (tertiary/aromatic N) is 7. The van der Waals surface area contributed by atoms with E-state index in [-0.39, 0.29) is 37.1 Å². The Balaban J connectivity index is 0.000000199. The van der Waals surface area contributed by atoms with Crippen molar-refractivity contribution in [2.45, 2.75) is 102 Å². The van der Waals surface area contributed by atoms with Gasteiger partial charge < -0.3 is 39.7 Å². The lowest BCUT2D eigenvalue weighted by atomic mass is 9.90. The first-order valence-electron chi connectivity index (χ1n) is 21.9. The number of alkyl halides is 6. The monoisotopic (exact) mass is 1010 g/mol. The van der Waals surface area contributed by atoms with Crippen molar-refractivity contribution in [3.63, 3.8) is 0 Å². The summed E-state index contributed by atoms with van der Waals surface area (Å²) in [5.41, 5.74) is 3.72. The van der Waals surface area contributed by atoms with E-state index < -0.39 is 24.2 Å². The molecule has 69 heavy (non-hydrogen) atoms. The highest BCUT2D eigenvalue weighted by Gasteiger charge is 2.45. The normalized spacial score (nSPS) is 22.9. The number of piperidine rings is 2. The Hall–Kier alpha value is -5.55. The minimum Gasteiger partial charge on any atom is -0.474 e. The predicted molar refractivity (Wildman–Crippen MR) is 246 cm³/mol. The molecular weight excluding hydrogens is 957 g/mol. The fourth-order valence-electron chi connectivity index (χ4n) is 7.99. The van der Waals surface area contributed by atoms with Gasteiger partial charge in [0.25, 0.3) is 0 Å². The van der Waals surface area contributed by atoms with Gasteiger partial charge in [-0.25, -0.2) is 29.6 Å². The summed E-state index contributed by atoms with van der Waals surface area (Å²) in [6.45, 7) is 22.1. The Morgan fingerprint density at radius 2 is 1.20 bits per heavy atom. The van der Waals surface area contributed by atoms with E-state index in [1.54, 1.807) is 36.4 Å². The van der Waals surface area contributed by atoms with Crippen molar-refractivity contribution in [3.8, 4) is 11.8 Å². The van der Waals surface area contributed by atoms with Crippen molar-refractivity contribution in [1.82, 2.24) is 30.2 Å². The van der Waals surface area contributed by atoms with E-state index in [1.165, 1.54) is 19.6 Å². The van der Waals surface area contributed by atoms with Crippen LogP contribution in [0.25, 0.3) is 9.69 Å². The van der Waals surface area contributed by atoms with E-state index in [0.29, 0.717) is 99.9 Å². The minimum atomic E-state index is -4.36. The third kappa shape index (κ3) is 14.3. The number of fused-ring (bicyclic) bond motifs is 4. The van der Waals surface area contributed by atoms with Crippen LogP contribution in [0, 0.1) is 38.8 Å². The van der Waals surface area contributed by atoms with Gasteiger partial charge in [0.1, 0.15) is 48.7 Å². The van der Waals surface area contributed by atoms with E-state index in [9.17, 15) is 31.1 Å². The fourth-order valence-corrected chi connectivity index (χ4v) is 8.43. The molecule has 0 spiro atoms. The van der Waals surface area contributed by atoms with Crippen LogP contribution in [0.3, 0.4) is 0 Å². The third-order valence-electron chi connectivity index (χ3n) is 11.9. The maximum atomic E-state index is 13.1. The number of aldehydes is 1. The molecule has 0 amide bonds. The number of carbonyl (C=O) groups excluding carboxylic acids is 1. The van der Waals surface area contributed by atoms with Crippen molar-refractivity contribution in [2.75, 3.05) is 43.6 Å². The Kier molecular flexibility index (Phi) is 17.9. The SMILES string of the molecule is CC(C=O)C(F)(F)F.[C-]#[N+]c1ccc(Nc2ncnc(OC3CC4COC[C@@H](C3)N4)c2C)c(Cl)c1.[C-]#[N+]c1ccc(Nc2ncnc(OC3CC4COC[C@@H](C3)N4CC(C)C(F)(F)F)c2C)c(Cl)c1. The average Bonchev–Trinajstić information content (AvgIpc) is 3.29. The summed E-state index contributed by atoms with van der Waals surface area (Å²) in [5.74, 6) is -1.10. The minimum absolute atomic E-state index is 0.0391. The summed E-state index contributed by atoms with van der Waals surface area (Å²) in [4.78, 5) is 35.3. The van der Waals surface area contributed by atoms with Crippen LogP contribution in [-0.4, -0.2) is 113 Å². The van der Waals surface area contributed by atoms with Gasteiger partial charge in [0.05, 0.1) is 78.0 Å². The molecule has 0 aliphatic carbocycles. The quantitative estimate of drug-likeness (QED) is 0.0743. The highest BCUT2D eigenvalue weighted by molar-refractivity contribution is 6.34. The maximum absolute atomic E-state index is 13.1. The largest absolute Gasteiger partial charge is 0.474 e. The molecule has 2 aromatic carbocycles. The van der Waals surface area contributed by atoms with Crippen molar-refractivity contribution in [1.29, 1.82) is 0 Å². The highest BCUT2D eigenvalue weighted by atomic mass is 35.5. The molecule has 3 N–H and O–H groups in total. The smallest absolute Gasteiger partial charge is 0.398 e. The van der Waals surface area contributed by atoms with Crippen LogP contribution in [0.1, 0.15) is 50.7 Å². The first kappa shape index (κ1) is 52.8. The van der Waals surface area contributed by atoms with Gasteiger partial charge in [-0.3, -0.25) is 4.90 Å². The molecule has 8 atom stereocenters. The molecule has 8 rings (SSSR count). The molecule has 23 heteroatoms. The number of halogens is 8. The molecule has 370 valence electrons. The molecule has 4 aliphatic rings. The molecule has 6 unspecified atom stereocenters. The number of nitrogens with one attached hydrogen (secondary N) is 3. The lowest BCUT2D eigenvalue weighted by Crippen LogP contribution is -2.60. The van der Waals surface area contributed by atoms with Crippen LogP contribution in [0.2, 0.25) is 10.0 Å². The fraction of sp³-hybridized carbons (Fsp3) is 0.500. The van der Waals surface area contributed by atoms with E-state index >= 15 is 0 Å². The van der Waals surface area contributed by atoms with Gasteiger partial charge >= 0.3 is 12.4 Å². The summed E-state index contributed by atoms with van der Waals surface area (Å²) < 4.78 is 96.7. The van der Waals surface area contributed by atoms with Crippen LogP contribution in [0.4, 0.5) is 60.7 Å². The van der Waals surface area contributed by atoms with Crippen LogP contribution in [0.5, 0.6) is 11.8 Å². The Morgan fingerprint density at radius 3 is 1.59 bits per heavy atom. The van der Waals surface area contributed by atoms with Crippen molar-refractivity contribution in [2.24, 2.45) is 11.8 Å². The molecule has 2 aromatic heterocycles. The standard InChI is InChI=1S/C23H25ClF3N5O2.C19H20ClN5O2.C4H5F3O/c1-13(23(25,26)27)9-32-16-7-18(8-17(32)11-33-10-16)34-22-14(2)21(29-12-30-22)31-20-5-4-15(28-3)6-19(20)24;1-11-18(25-17-4-3-12(21-2)7-16(17)20)22-10-23-19(11)27-15-5-13-8-26-9-14(6-15)24-13;1-3(2-8)4(5,6)7/h4-6,12-13,16-18H,7-11H2,1-2H3,(H,29,30,31);3-4,7,10,13-15,24H,5-6,8-9H2,1H3,(H,22,23,25);2-3H,1H3/t13?,16-,17?,18?;13-,14?,15?;/m11./s1. The van der Waals surface area contributed by atoms with Gasteiger partial charge in [0, 0.05) is 56.4 Å². The summed E-state index contributed by atoms with van der Waals surface area (Å²) in [5, 5.41) is 10.8. The van der Waals surface area contributed by atoms with Crippen molar-refractivity contribution < 1.29 is 50.1 Å². The molecule has 4 aliphatic heterocycles. The lowest BCUT2D eigenvalue weighted by molar-refractivity contribution is -0.187. The van der Waals surface area contributed by atoms with Crippen molar-refractivity contribution in [3.05, 3.63) is 93.1 Å². The number of hydrogen-bond acceptors (Lipinski definition) is 13. The van der Waals surface area contributed by atoms with Gasteiger partial charge in [-0.2, -0.15) is 26.3 Å².